The first-order valence-electron chi connectivity index (χ1n) is 7.31. The lowest BCUT2D eigenvalue weighted by Gasteiger charge is -2.16. The summed E-state index contributed by atoms with van der Waals surface area (Å²) in [7, 11) is 3.27. The minimum absolute atomic E-state index is 0. The number of ether oxygens (including phenoxy) is 1. The molecule has 1 unspecified atom stereocenters. The number of carboxylic acid groups (broad SMARTS) is 3. The van der Waals surface area contributed by atoms with Gasteiger partial charge in [0.05, 0.1) is 32.2 Å². The van der Waals surface area contributed by atoms with E-state index in [-0.39, 0.29) is 34.3 Å². The first-order valence-corrected chi connectivity index (χ1v) is 7.31. The Balaban J connectivity index is -0.000000165. The van der Waals surface area contributed by atoms with Crippen LogP contribution in [0.1, 0.15) is 1.43 Å². The largest absolute Gasteiger partial charge is 0.549 e. The monoisotopic (exact) mass is 385 g/mol. The number of rotatable bonds is 12. The molecule has 0 spiro atoms. The van der Waals surface area contributed by atoms with Crippen molar-refractivity contribution in [1.29, 1.82) is 0 Å². The molecule has 12 heteroatoms. The molecule has 4 N–H and O–H groups in total. The van der Waals surface area contributed by atoms with Gasteiger partial charge >= 0.3 is 5.97 Å². The molecule has 0 bridgehead atoms. The van der Waals surface area contributed by atoms with Crippen LogP contribution in [-0.4, -0.2) is 98.4 Å². The van der Waals surface area contributed by atoms with E-state index in [0.29, 0.717) is 13.1 Å². The molecule has 12 nitrogen and oxygen atoms in total. The fraction of sp³-hybridized carbons (Fsp3) is 0.643. The summed E-state index contributed by atoms with van der Waals surface area (Å²) >= 11 is 0. The number of carbonyl (C=O) groups is 3. The van der Waals surface area contributed by atoms with Gasteiger partial charge in [0, 0.05) is 14.5 Å². The third kappa shape index (κ3) is 33.4. The molecule has 1 atom stereocenters. The Hall–Kier alpha value is -2.25. The van der Waals surface area contributed by atoms with Crippen molar-refractivity contribution in [2.24, 2.45) is 0 Å². The lowest BCUT2D eigenvalue weighted by atomic mass is 10.5. The van der Waals surface area contributed by atoms with Crippen LogP contribution in [0.5, 0.6) is 0 Å². The smallest absolute Gasteiger partial charge is 0.329 e. The highest BCUT2D eigenvalue weighted by molar-refractivity contribution is 5.68. The molecule has 0 aliphatic heterocycles. The van der Waals surface area contributed by atoms with E-state index in [1.165, 1.54) is 4.90 Å². The van der Waals surface area contributed by atoms with Gasteiger partial charge < -0.3 is 44.5 Å². The molecular formula is C14H29N2O10-. The molecule has 0 radical (unpaired) electrons. The van der Waals surface area contributed by atoms with Crippen molar-refractivity contribution in [1.82, 2.24) is 4.90 Å². The summed E-state index contributed by atoms with van der Waals surface area (Å²) in [6.07, 6.45) is 0.931. The Morgan fingerprint density at radius 1 is 1.31 bits per heavy atom. The molecule has 26 heavy (non-hydrogen) atoms. The Bertz CT molecular complexity index is 398. The van der Waals surface area contributed by atoms with Crippen LogP contribution in [0.15, 0.2) is 12.8 Å². The van der Waals surface area contributed by atoms with Gasteiger partial charge in [-0.25, -0.2) is 10.1 Å². The lowest BCUT2D eigenvalue weighted by molar-refractivity contribution is -0.874. The second-order valence-corrected chi connectivity index (χ2v) is 4.81. The molecule has 0 aromatic heterocycles. The van der Waals surface area contributed by atoms with Crippen molar-refractivity contribution in [2.75, 3.05) is 60.1 Å². The SMILES string of the molecule is C=COO.CN(CCOCC(=O)O)CC(=O)[O-].C[NH+](CCO)CC(=O)[O-].[HH]. The molecule has 0 aromatic rings. The van der Waals surface area contributed by atoms with Gasteiger partial charge in [-0.2, -0.15) is 0 Å². The average molecular weight is 385 g/mol. The maximum absolute atomic E-state index is 10.1. The van der Waals surface area contributed by atoms with Crippen LogP contribution >= 0.6 is 0 Å². The molecule has 156 valence electrons. The molecule has 0 fully saturated rings. The zero-order valence-corrected chi connectivity index (χ0v) is 14.9. The topological polar surface area (TPSA) is 184 Å². The first-order chi connectivity index (χ1) is 12.1. The third-order valence-corrected chi connectivity index (χ3v) is 2.30. The van der Waals surface area contributed by atoms with Gasteiger partial charge in [0.2, 0.25) is 0 Å². The normalized spacial score (nSPS) is 10.5. The fourth-order valence-corrected chi connectivity index (χ4v) is 1.20. The summed E-state index contributed by atoms with van der Waals surface area (Å²) in [6.45, 7) is 3.44. The molecule has 0 saturated carbocycles. The summed E-state index contributed by atoms with van der Waals surface area (Å²) in [5.41, 5.74) is 0. The molecule has 0 saturated heterocycles. The van der Waals surface area contributed by atoms with E-state index in [2.05, 4.69) is 11.5 Å². The zero-order valence-electron chi connectivity index (χ0n) is 14.9. The molecule has 0 aliphatic rings. The van der Waals surface area contributed by atoms with Gasteiger partial charge in [-0.05, 0) is 7.05 Å². The Labute approximate surface area is 152 Å². The molecule has 0 amide bonds. The van der Waals surface area contributed by atoms with Crippen molar-refractivity contribution in [3.63, 3.8) is 0 Å². The lowest BCUT2D eigenvalue weighted by Crippen LogP contribution is -3.10. The van der Waals surface area contributed by atoms with E-state index in [1.54, 1.807) is 14.1 Å². The Kier molecular flexibility index (Phi) is 22.8. The molecular weight excluding hydrogens is 356 g/mol. The quantitative estimate of drug-likeness (QED) is 0.109. The van der Waals surface area contributed by atoms with Crippen LogP contribution < -0.4 is 15.1 Å². The number of aliphatic carboxylic acids is 3. The Morgan fingerprint density at radius 2 is 1.85 bits per heavy atom. The van der Waals surface area contributed by atoms with Gasteiger partial charge in [0.1, 0.15) is 26.0 Å². The number of likely N-dealkylation sites (N-methyl/N-ethyl adjacent to an activating group) is 2. The summed E-state index contributed by atoms with van der Waals surface area (Å²) in [5, 5.41) is 43.7. The van der Waals surface area contributed by atoms with Crippen LogP contribution in [-0.2, 0) is 24.0 Å². The molecule has 0 aliphatic carbocycles. The predicted octanol–water partition coefficient (Wildman–Crippen LogP) is -5.12. The van der Waals surface area contributed by atoms with Gasteiger partial charge in [-0.15, -0.1) is 0 Å². The van der Waals surface area contributed by atoms with Gasteiger partial charge in [-0.3, -0.25) is 4.90 Å². The van der Waals surface area contributed by atoms with Crippen molar-refractivity contribution >= 4 is 17.9 Å². The maximum Gasteiger partial charge on any atom is 0.329 e. The van der Waals surface area contributed by atoms with Crippen LogP contribution in [0.25, 0.3) is 0 Å². The molecule has 0 heterocycles. The highest BCUT2D eigenvalue weighted by atomic mass is 17.1. The van der Waals surface area contributed by atoms with Crippen molar-refractivity contribution in [3.8, 4) is 0 Å². The van der Waals surface area contributed by atoms with Gasteiger partial charge in [-0.1, -0.05) is 6.58 Å². The second kappa shape index (κ2) is 20.8. The maximum atomic E-state index is 10.1. The highest BCUT2D eigenvalue weighted by Crippen LogP contribution is 1.82. The van der Waals surface area contributed by atoms with E-state index in [1.807, 2.05) is 0 Å². The Morgan fingerprint density at radius 3 is 2.19 bits per heavy atom. The first kappa shape index (κ1) is 28.5. The van der Waals surface area contributed by atoms with E-state index in [9.17, 15) is 24.6 Å². The van der Waals surface area contributed by atoms with Gasteiger partial charge in [0.25, 0.3) is 0 Å². The zero-order chi connectivity index (χ0) is 21.0. The van der Waals surface area contributed by atoms with E-state index in [4.69, 9.17) is 20.2 Å². The van der Waals surface area contributed by atoms with Crippen LogP contribution in [0.4, 0.5) is 0 Å². The fourth-order valence-electron chi connectivity index (χ4n) is 1.20. The summed E-state index contributed by atoms with van der Waals surface area (Å²) in [4.78, 5) is 35.4. The molecule has 0 rings (SSSR count). The van der Waals surface area contributed by atoms with Gasteiger partial charge in [0.15, 0.2) is 0 Å². The number of aliphatic hydroxyl groups excluding tert-OH is 1. The van der Waals surface area contributed by atoms with Crippen molar-refractivity contribution < 1.29 is 56.0 Å². The number of aliphatic hydroxyl groups is 1. The number of hydrogen-bond donors (Lipinski definition) is 4. The van der Waals surface area contributed by atoms with Crippen LogP contribution in [0.2, 0.25) is 0 Å². The number of carbonyl (C=O) groups excluding carboxylic acids is 2. The summed E-state index contributed by atoms with van der Waals surface area (Å²) in [5.74, 6) is -3.29. The highest BCUT2D eigenvalue weighted by Gasteiger charge is 2.00. The summed E-state index contributed by atoms with van der Waals surface area (Å²) < 4.78 is 4.69. The minimum atomic E-state index is -1.17. The standard InChI is InChI=1S/C7H13NO5.C5H11NO3.C2H4O2.H2/c1-8(4-6(9)10)2-3-13-5-7(11)12;1-6(2-3-7)4-5(8)9;1-2-4-3;/h2-5H2,1H3,(H,9,10)(H,11,12);7H,2-4H2,1H3,(H,8,9);2-3H,1H2;1H/p-1. The van der Waals surface area contributed by atoms with Crippen LogP contribution in [0, 0.1) is 0 Å². The molecule has 0 aromatic carbocycles. The number of quaternary nitrogens is 1. The third-order valence-electron chi connectivity index (χ3n) is 2.30. The van der Waals surface area contributed by atoms with E-state index in [0.717, 1.165) is 11.2 Å². The van der Waals surface area contributed by atoms with Crippen molar-refractivity contribution in [3.05, 3.63) is 12.8 Å². The average Bonchev–Trinajstić information content (AvgIpc) is 2.51. The van der Waals surface area contributed by atoms with E-state index >= 15 is 0 Å². The van der Waals surface area contributed by atoms with Crippen molar-refractivity contribution in [2.45, 2.75) is 0 Å². The second-order valence-electron chi connectivity index (χ2n) is 4.81. The number of carboxylic acids is 3. The minimum Gasteiger partial charge on any atom is -0.549 e. The van der Waals surface area contributed by atoms with E-state index < -0.39 is 17.9 Å². The number of nitrogens with one attached hydrogen (secondary N) is 1. The summed E-state index contributed by atoms with van der Waals surface area (Å²) in [6, 6.07) is 0. The number of nitrogens with zero attached hydrogens (tertiary/aromatic N) is 1. The van der Waals surface area contributed by atoms with Crippen LogP contribution in [0.3, 0.4) is 0 Å². The predicted molar refractivity (Wildman–Crippen MR) is 85.7 cm³/mol. The number of hydrogen-bond acceptors (Lipinski definition) is 10.